The van der Waals surface area contributed by atoms with Gasteiger partial charge in [-0.2, -0.15) is 5.10 Å². The molecule has 102 valence electrons. The molecule has 4 nitrogen and oxygen atoms in total. The number of nitrogens with two attached hydrogens (primary N) is 1. The van der Waals surface area contributed by atoms with E-state index in [0.29, 0.717) is 5.69 Å². The number of aromatic nitrogens is 2. The molecule has 1 aromatic heterocycles. The number of nitrogens with zero attached hydrogens (tertiary/aromatic N) is 2. The van der Waals surface area contributed by atoms with E-state index in [1.807, 2.05) is 26.1 Å². The van der Waals surface area contributed by atoms with Gasteiger partial charge in [0, 0.05) is 17.2 Å². The molecule has 20 heavy (non-hydrogen) atoms. The Hall–Kier alpha value is -2.01. The summed E-state index contributed by atoms with van der Waals surface area (Å²) < 4.78 is 2.84. The average Bonchev–Trinajstić information content (AvgIpc) is 2.65. The summed E-state index contributed by atoms with van der Waals surface area (Å²) >= 11 is 3.48. The SMILES string of the molecule is Cc1nn(C)c(Nc2ccc3cc(Br)ccc3c2)c1N. The molecule has 0 aliphatic rings. The molecular weight excluding hydrogens is 316 g/mol. The van der Waals surface area contributed by atoms with Crippen LogP contribution in [0.3, 0.4) is 0 Å². The number of halogens is 1. The number of anilines is 3. The summed E-state index contributed by atoms with van der Waals surface area (Å²) in [5.41, 5.74) is 8.54. The van der Waals surface area contributed by atoms with Gasteiger partial charge in [-0.05, 0) is 42.0 Å². The molecule has 5 heteroatoms. The summed E-state index contributed by atoms with van der Waals surface area (Å²) in [5.74, 6) is 0.818. The van der Waals surface area contributed by atoms with Crippen LogP contribution in [0.15, 0.2) is 40.9 Å². The van der Waals surface area contributed by atoms with Crippen molar-refractivity contribution in [3.05, 3.63) is 46.6 Å². The van der Waals surface area contributed by atoms with E-state index in [0.717, 1.165) is 21.7 Å². The Kier molecular flexibility index (Phi) is 3.14. The fourth-order valence-electron chi connectivity index (χ4n) is 2.25. The van der Waals surface area contributed by atoms with Crippen molar-refractivity contribution in [3.8, 4) is 0 Å². The molecular formula is C15H15BrN4. The van der Waals surface area contributed by atoms with E-state index in [-0.39, 0.29) is 0 Å². The molecule has 1 heterocycles. The van der Waals surface area contributed by atoms with Crippen LogP contribution < -0.4 is 11.1 Å². The van der Waals surface area contributed by atoms with E-state index >= 15 is 0 Å². The van der Waals surface area contributed by atoms with Crippen molar-refractivity contribution in [1.82, 2.24) is 9.78 Å². The van der Waals surface area contributed by atoms with Gasteiger partial charge in [0.25, 0.3) is 0 Å². The topological polar surface area (TPSA) is 55.9 Å². The highest BCUT2D eigenvalue weighted by Crippen LogP contribution is 2.28. The maximum Gasteiger partial charge on any atom is 0.152 e. The van der Waals surface area contributed by atoms with Crippen molar-refractivity contribution in [2.75, 3.05) is 11.1 Å². The first-order valence-electron chi connectivity index (χ1n) is 6.30. The molecule has 3 N–H and O–H groups in total. The van der Waals surface area contributed by atoms with Gasteiger partial charge in [-0.15, -0.1) is 0 Å². The molecule has 3 aromatic rings. The molecule has 0 aliphatic heterocycles. The van der Waals surface area contributed by atoms with Crippen LogP contribution in [-0.2, 0) is 7.05 Å². The van der Waals surface area contributed by atoms with E-state index in [4.69, 9.17) is 5.73 Å². The normalized spacial score (nSPS) is 10.9. The lowest BCUT2D eigenvalue weighted by molar-refractivity contribution is 0.765. The third-order valence-corrected chi connectivity index (χ3v) is 3.83. The molecule has 0 saturated carbocycles. The van der Waals surface area contributed by atoms with Crippen molar-refractivity contribution in [1.29, 1.82) is 0 Å². The Labute approximate surface area is 125 Å². The van der Waals surface area contributed by atoms with Crippen LogP contribution in [-0.4, -0.2) is 9.78 Å². The van der Waals surface area contributed by atoms with Crippen molar-refractivity contribution >= 4 is 43.9 Å². The lowest BCUT2D eigenvalue weighted by atomic mass is 10.1. The van der Waals surface area contributed by atoms with Crippen molar-refractivity contribution in [2.24, 2.45) is 7.05 Å². The van der Waals surface area contributed by atoms with E-state index in [1.165, 1.54) is 10.8 Å². The van der Waals surface area contributed by atoms with Gasteiger partial charge in [-0.1, -0.05) is 28.1 Å². The second kappa shape index (κ2) is 4.83. The van der Waals surface area contributed by atoms with Crippen LogP contribution in [0.4, 0.5) is 17.2 Å². The van der Waals surface area contributed by atoms with E-state index in [9.17, 15) is 0 Å². The van der Waals surface area contributed by atoms with Gasteiger partial charge in [0.05, 0.1) is 11.4 Å². The first-order chi connectivity index (χ1) is 9.54. The van der Waals surface area contributed by atoms with Crippen molar-refractivity contribution < 1.29 is 0 Å². The van der Waals surface area contributed by atoms with Gasteiger partial charge < -0.3 is 11.1 Å². The Morgan fingerprint density at radius 1 is 1.15 bits per heavy atom. The maximum absolute atomic E-state index is 6.03. The zero-order chi connectivity index (χ0) is 14.3. The molecule has 0 radical (unpaired) electrons. The third kappa shape index (κ3) is 2.25. The Balaban J connectivity index is 2.00. The average molecular weight is 331 g/mol. The molecule has 0 spiro atoms. The van der Waals surface area contributed by atoms with Gasteiger partial charge >= 0.3 is 0 Å². The molecule has 0 aliphatic carbocycles. The zero-order valence-electron chi connectivity index (χ0n) is 11.3. The predicted molar refractivity (Wildman–Crippen MR) is 87.3 cm³/mol. The number of nitrogens with one attached hydrogen (secondary N) is 1. The smallest absolute Gasteiger partial charge is 0.152 e. The van der Waals surface area contributed by atoms with Crippen LogP contribution in [0.1, 0.15) is 5.69 Å². The summed E-state index contributed by atoms with van der Waals surface area (Å²) in [5, 5.41) is 10.0. The van der Waals surface area contributed by atoms with Crippen molar-refractivity contribution in [3.63, 3.8) is 0 Å². The minimum Gasteiger partial charge on any atom is -0.394 e. The molecule has 0 saturated heterocycles. The van der Waals surface area contributed by atoms with Gasteiger partial charge in [-0.3, -0.25) is 4.68 Å². The van der Waals surface area contributed by atoms with Gasteiger partial charge in [0.2, 0.25) is 0 Å². The summed E-state index contributed by atoms with van der Waals surface area (Å²) in [6.07, 6.45) is 0. The Bertz CT molecular complexity index is 792. The summed E-state index contributed by atoms with van der Waals surface area (Å²) in [4.78, 5) is 0. The van der Waals surface area contributed by atoms with Gasteiger partial charge in [-0.25, -0.2) is 0 Å². The highest BCUT2D eigenvalue weighted by atomic mass is 79.9. The summed E-state index contributed by atoms with van der Waals surface area (Å²) in [6, 6.07) is 12.4. The van der Waals surface area contributed by atoms with Crippen LogP contribution in [0.5, 0.6) is 0 Å². The van der Waals surface area contributed by atoms with E-state index in [2.05, 4.69) is 50.6 Å². The number of aryl methyl sites for hydroxylation is 2. The van der Waals surface area contributed by atoms with Crippen LogP contribution in [0, 0.1) is 6.92 Å². The van der Waals surface area contributed by atoms with Crippen LogP contribution in [0.2, 0.25) is 0 Å². The predicted octanol–water partition coefficient (Wildman–Crippen LogP) is 3.97. The summed E-state index contributed by atoms with van der Waals surface area (Å²) in [7, 11) is 1.88. The lowest BCUT2D eigenvalue weighted by Crippen LogP contribution is -2.01. The molecule has 0 bridgehead atoms. The fraction of sp³-hybridized carbons (Fsp3) is 0.133. The monoisotopic (exact) mass is 330 g/mol. The lowest BCUT2D eigenvalue weighted by Gasteiger charge is -2.09. The first kappa shape index (κ1) is 13.0. The Morgan fingerprint density at radius 3 is 2.55 bits per heavy atom. The number of hydrogen-bond donors (Lipinski definition) is 2. The van der Waals surface area contributed by atoms with Gasteiger partial charge in [0.15, 0.2) is 5.82 Å². The molecule has 3 rings (SSSR count). The van der Waals surface area contributed by atoms with E-state index < -0.39 is 0 Å². The zero-order valence-corrected chi connectivity index (χ0v) is 12.9. The molecule has 2 aromatic carbocycles. The third-order valence-electron chi connectivity index (χ3n) is 3.33. The Morgan fingerprint density at radius 2 is 1.85 bits per heavy atom. The minimum atomic E-state index is 0.684. The van der Waals surface area contributed by atoms with E-state index in [1.54, 1.807) is 4.68 Å². The van der Waals surface area contributed by atoms with Gasteiger partial charge in [0.1, 0.15) is 0 Å². The first-order valence-corrected chi connectivity index (χ1v) is 7.09. The number of hydrogen-bond acceptors (Lipinski definition) is 3. The quantitative estimate of drug-likeness (QED) is 0.747. The molecule has 0 fully saturated rings. The molecule has 0 amide bonds. The van der Waals surface area contributed by atoms with Crippen LogP contribution >= 0.6 is 15.9 Å². The second-order valence-electron chi connectivity index (χ2n) is 4.80. The minimum absolute atomic E-state index is 0.684. The number of fused-ring (bicyclic) bond motifs is 1. The highest BCUT2D eigenvalue weighted by molar-refractivity contribution is 9.10. The largest absolute Gasteiger partial charge is 0.394 e. The second-order valence-corrected chi connectivity index (χ2v) is 5.72. The van der Waals surface area contributed by atoms with Crippen LogP contribution in [0.25, 0.3) is 10.8 Å². The number of nitrogen functional groups attached to an aromatic ring is 1. The number of benzene rings is 2. The highest BCUT2D eigenvalue weighted by Gasteiger charge is 2.10. The summed E-state index contributed by atoms with van der Waals surface area (Å²) in [6.45, 7) is 1.90. The fourth-order valence-corrected chi connectivity index (χ4v) is 2.63. The standard InChI is InChI=1S/C15H15BrN4/c1-9-14(17)15(20(2)19-9)18-13-6-4-10-7-12(16)5-3-11(10)8-13/h3-8,18H,17H2,1-2H3. The molecule has 0 atom stereocenters. The number of rotatable bonds is 2. The maximum atomic E-state index is 6.03. The molecule has 0 unspecified atom stereocenters. The van der Waals surface area contributed by atoms with Crippen molar-refractivity contribution in [2.45, 2.75) is 6.92 Å².